The van der Waals surface area contributed by atoms with Crippen LogP contribution in [0.3, 0.4) is 0 Å². The lowest BCUT2D eigenvalue weighted by molar-refractivity contribution is -0.135. The number of hydrogen-bond acceptors (Lipinski definition) is 3. The van der Waals surface area contributed by atoms with Crippen LogP contribution in [0.25, 0.3) is 0 Å². The Bertz CT molecular complexity index is 258. The molecule has 2 aliphatic rings. The number of nitrogens with two attached hydrogens (primary N) is 1. The van der Waals surface area contributed by atoms with E-state index in [4.69, 9.17) is 10.5 Å². The third-order valence-electron chi connectivity index (χ3n) is 4.39. The van der Waals surface area contributed by atoms with Crippen LogP contribution in [-0.2, 0) is 9.53 Å². The molecule has 0 bridgehead atoms. The number of amides is 1. The smallest absolute Gasteiger partial charge is 0.227 e. The summed E-state index contributed by atoms with van der Waals surface area (Å²) in [6.07, 6.45) is 6.70. The van der Waals surface area contributed by atoms with E-state index in [2.05, 4.69) is 5.32 Å². The van der Waals surface area contributed by atoms with Crippen molar-refractivity contribution in [2.24, 2.45) is 17.1 Å². The molecule has 17 heavy (non-hydrogen) atoms. The number of rotatable bonds is 5. The van der Waals surface area contributed by atoms with Crippen molar-refractivity contribution in [3.05, 3.63) is 0 Å². The zero-order valence-electron chi connectivity index (χ0n) is 10.5. The minimum Gasteiger partial charge on any atom is -0.381 e. The predicted molar refractivity (Wildman–Crippen MR) is 66.5 cm³/mol. The standard InChI is InChI=1S/C13H24N2O2/c14-10-13(5-8-17-9-6-13)12(16)15-7-4-11-2-1-3-11/h11H,1-10,14H2,(H,15,16). The molecule has 0 aromatic heterocycles. The molecule has 0 atom stereocenters. The van der Waals surface area contributed by atoms with Crippen LogP contribution in [0.2, 0.25) is 0 Å². The van der Waals surface area contributed by atoms with Crippen LogP contribution < -0.4 is 11.1 Å². The van der Waals surface area contributed by atoms with Gasteiger partial charge in [-0.05, 0) is 25.2 Å². The van der Waals surface area contributed by atoms with Crippen molar-refractivity contribution in [2.45, 2.75) is 38.5 Å². The largest absolute Gasteiger partial charge is 0.381 e. The third kappa shape index (κ3) is 2.99. The van der Waals surface area contributed by atoms with Crippen LogP contribution in [0.4, 0.5) is 0 Å². The van der Waals surface area contributed by atoms with Gasteiger partial charge in [-0.25, -0.2) is 0 Å². The van der Waals surface area contributed by atoms with Gasteiger partial charge in [0.25, 0.3) is 0 Å². The monoisotopic (exact) mass is 240 g/mol. The first-order chi connectivity index (χ1) is 8.27. The molecule has 1 saturated carbocycles. The molecule has 0 spiro atoms. The molecule has 0 aromatic rings. The quantitative estimate of drug-likeness (QED) is 0.755. The maximum Gasteiger partial charge on any atom is 0.227 e. The number of ether oxygens (including phenoxy) is 1. The van der Waals surface area contributed by atoms with Crippen LogP contribution in [0.5, 0.6) is 0 Å². The fourth-order valence-corrected chi connectivity index (χ4v) is 2.64. The van der Waals surface area contributed by atoms with Crippen LogP contribution in [-0.4, -0.2) is 32.2 Å². The second kappa shape index (κ2) is 5.83. The van der Waals surface area contributed by atoms with Gasteiger partial charge in [0.1, 0.15) is 0 Å². The average molecular weight is 240 g/mol. The van der Waals surface area contributed by atoms with Gasteiger partial charge in [0.05, 0.1) is 5.41 Å². The van der Waals surface area contributed by atoms with Crippen molar-refractivity contribution < 1.29 is 9.53 Å². The average Bonchev–Trinajstić information content (AvgIpc) is 2.33. The molecule has 4 heteroatoms. The maximum atomic E-state index is 12.2. The van der Waals surface area contributed by atoms with Crippen molar-refractivity contribution >= 4 is 5.91 Å². The SMILES string of the molecule is NCC1(C(=O)NCCC2CCC2)CCOCC1. The molecule has 4 nitrogen and oxygen atoms in total. The summed E-state index contributed by atoms with van der Waals surface area (Å²) in [5.74, 6) is 0.987. The molecule has 1 amide bonds. The lowest BCUT2D eigenvalue weighted by Crippen LogP contribution is -2.49. The zero-order valence-corrected chi connectivity index (χ0v) is 10.5. The lowest BCUT2D eigenvalue weighted by Gasteiger charge is -2.35. The summed E-state index contributed by atoms with van der Waals surface area (Å²) in [4.78, 5) is 12.2. The van der Waals surface area contributed by atoms with Gasteiger partial charge in [0.15, 0.2) is 0 Å². The van der Waals surface area contributed by atoms with E-state index in [0.717, 1.165) is 31.7 Å². The zero-order chi connectivity index (χ0) is 12.1. The van der Waals surface area contributed by atoms with E-state index in [9.17, 15) is 4.79 Å². The molecular formula is C13H24N2O2. The van der Waals surface area contributed by atoms with Crippen molar-refractivity contribution in [3.8, 4) is 0 Å². The van der Waals surface area contributed by atoms with Gasteiger partial charge in [-0.2, -0.15) is 0 Å². The van der Waals surface area contributed by atoms with Crippen LogP contribution in [0, 0.1) is 11.3 Å². The molecule has 1 aliphatic carbocycles. The van der Waals surface area contributed by atoms with E-state index in [1.54, 1.807) is 0 Å². The molecule has 0 radical (unpaired) electrons. The van der Waals surface area contributed by atoms with Gasteiger partial charge >= 0.3 is 0 Å². The summed E-state index contributed by atoms with van der Waals surface area (Å²) in [6, 6.07) is 0. The first-order valence-corrected chi connectivity index (χ1v) is 6.83. The van der Waals surface area contributed by atoms with Gasteiger partial charge in [-0.3, -0.25) is 4.79 Å². The molecule has 0 unspecified atom stereocenters. The summed E-state index contributed by atoms with van der Waals surface area (Å²) in [7, 11) is 0. The molecule has 2 fully saturated rings. The van der Waals surface area contributed by atoms with E-state index in [-0.39, 0.29) is 11.3 Å². The van der Waals surface area contributed by atoms with Crippen LogP contribution in [0.15, 0.2) is 0 Å². The van der Waals surface area contributed by atoms with E-state index < -0.39 is 0 Å². The van der Waals surface area contributed by atoms with Gasteiger partial charge in [0, 0.05) is 26.3 Å². The van der Waals surface area contributed by atoms with Crippen molar-refractivity contribution in [1.29, 1.82) is 0 Å². The number of carbonyl (C=O) groups is 1. The van der Waals surface area contributed by atoms with E-state index in [0.29, 0.717) is 19.8 Å². The summed E-state index contributed by atoms with van der Waals surface area (Å²) >= 11 is 0. The minimum absolute atomic E-state index is 0.141. The Hall–Kier alpha value is -0.610. The first-order valence-electron chi connectivity index (χ1n) is 6.83. The van der Waals surface area contributed by atoms with E-state index in [1.165, 1.54) is 19.3 Å². The second-order valence-electron chi connectivity index (χ2n) is 5.44. The topological polar surface area (TPSA) is 64.4 Å². The summed E-state index contributed by atoms with van der Waals surface area (Å²) in [6.45, 7) is 2.57. The Labute approximate surface area is 103 Å². The fraction of sp³-hybridized carbons (Fsp3) is 0.923. The van der Waals surface area contributed by atoms with Gasteiger partial charge in [0.2, 0.25) is 5.91 Å². The Morgan fingerprint density at radius 3 is 2.59 bits per heavy atom. The number of nitrogens with one attached hydrogen (secondary N) is 1. The van der Waals surface area contributed by atoms with Crippen molar-refractivity contribution in [2.75, 3.05) is 26.3 Å². The second-order valence-corrected chi connectivity index (χ2v) is 5.44. The molecule has 2 rings (SSSR count). The first kappa shape index (κ1) is 12.8. The molecule has 1 heterocycles. The highest BCUT2D eigenvalue weighted by atomic mass is 16.5. The van der Waals surface area contributed by atoms with Gasteiger partial charge in [-0.1, -0.05) is 19.3 Å². The lowest BCUT2D eigenvalue weighted by atomic mass is 9.79. The van der Waals surface area contributed by atoms with Crippen molar-refractivity contribution in [3.63, 3.8) is 0 Å². The van der Waals surface area contributed by atoms with Crippen molar-refractivity contribution in [1.82, 2.24) is 5.32 Å². The number of carbonyl (C=O) groups excluding carboxylic acids is 1. The minimum atomic E-state index is -0.363. The Morgan fingerprint density at radius 1 is 1.35 bits per heavy atom. The molecular weight excluding hydrogens is 216 g/mol. The Morgan fingerprint density at radius 2 is 2.06 bits per heavy atom. The maximum absolute atomic E-state index is 12.2. The summed E-state index contributed by atoms with van der Waals surface area (Å²) < 4.78 is 5.31. The van der Waals surface area contributed by atoms with Gasteiger partial charge < -0.3 is 15.8 Å². The molecule has 1 aliphatic heterocycles. The molecule has 1 saturated heterocycles. The highest BCUT2D eigenvalue weighted by Crippen LogP contribution is 2.31. The van der Waals surface area contributed by atoms with E-state index >= 15 is 0 Å². The van der Waals surface area contributed by atoms with Crippen LogP contribution in [0.1, 0.15) is 38.5 Å². The van der Waals surface area contributed by atoms with Crippen LogP contribution >= 0.6 is 0 Å². The van der Waals surface area contributed by atoms with E-state index in [1.807, 2.05) is 0 Å². The summed E-state index contributed by atoms with van der Waals surface area (Å²) in [5.41, 5.74) is 5.43. The number of hydrogen-bond donors (Lipinski definition) is 2. The highest BCUT2D eigenvalue weighted by Gasteiger charge is 2.38. The molecule has 0 aromatic carbocycles. The molecule has 3 N–H and O–H groups in total. The van der Waals surface area contributed by atoms with Gasteiger partial charge in [-0.15, -0.1) is 0 Å². The normalized spacial score (nSPS) is 24.1. The summed E-state index contributed by atoms with van der Waals surface area (Å²) in [5, 5.41) is 3.07. The Balaban J connectivity index is 1.75. The predicted octanol–water partition coefficient (Wildman–Crippen LogP) is 1.05. The highest BCUT2D eigenvalue weighted by molar-refractivity contribution is 5.83. The fourth-order valence-electron chi connectivity index (χ4n) is 2.64. The third-order valence-corrected chi connectivity index (χ3v) is 4.39. The Kier molecular flexibility index (Phi) is 4.40. The molecule has 98 valence electrons.